The van der Waals surface area contributed by atoms with Crippen LogP contribution in [0.25, 0.3) is 0 Å². The fourth-order valence-electron chi connectivity index (χ4n) is 6.10. The van der Waals surface area contributed by atoms with Gasteiger partial charge in [0.1, 0.15) is 11.5 Å². The van der Waals surface area contributed by atoms with Crippen molar-refractivity contribution >= 4 is 15.9 Å². The van der Waals surface area contributed by atoms with E-state index in [1.54, 1.807) is 7.05 Å². The van der Waals surface area contributed by atoms with Crippen molar-refractivity contribution in [3.05, 3.63) is 88.2 Å². The van der Waals surface area contributed by atoms with Gasteiger partial charge in [0.2, 0.25) is 0 Å². The molecule has 2 heterocycles. The number of hydrogen-bond donors (Lipinski definition) is 2. The third kappa shape index (κ3) is 3.63. The van der Waals surface area contributed by atoms with E-state index < -0.39 is 42.1 Å². The number of aliphatic hydroxyl groups excluding tert-OH is 1. The van der Waals surface area contributed by atoms with Crippen LogP contribution in [-0.4, -0.2) is 59.9 Å². The Morgan fingerprint density at radius 3 is 2.47 bits per heavy atom. The molecule has 190 valence electrons. The molecule has 3 aromatic rings. The minimum Gasteiger partial charge on any atom is -0.495 e. The van der Waals surface area contributed by atoms with Gasteiger partial charge in [-0.15, -0.1) is 0 Å². The first-order valence-electron chi connectivity index (χ1n) is 11.6. The molecule has 0 bridgehead atoms. The van der Waals surface area contributed by atoms with Crippen molar-refractivity contribution in [3.63, 3.8) is 0 Å². The third-order valence-corrected chi connectivity index (χ3v) is 7.95. The molecule has 0 unspecified atom stereocenters. The number of hydrogen-bond acceptors (Lipinski definition) is 6. The van der Waals surface area contributed by atoms with Crippen molar-refractivity contribution in [3.8, 4) is 11.5 Å². The topological polar surface area (TPSA) is 75.0 Å². The average molecular weight is 561 g/mol. The van der Waals surface area contributed by atoms with Gasteiger partial charge in [0, 0.05) is 22.9 Å². The molecule has 0 saturated heterocycles. The van der Waals surface area contributed by atoms with Gasteiger partial charge in [0.15, 0.2) is 11.2 Å². The summed E-state index contributed by atoms with van der Waals surface area (Å²) in [5.41, 5.74) is -1.69. The van der Waals surface area contributed by atoms with Crippen LogP contribution in [0.5, 0.6) is 11.5 Å². The van der Waals surface area contributed by atoms with Gasteiger partial charge in [-0.1, -0.05) is 58.4 Å². The molecule has 36 heavy (non-hydrogen) atoms. The highest BCUT2D eigenvalue weighted by Gasteiger charge is 2.76. The highest BCUT2D eigenvalue weighted by atomic mass is 79.9. The molecule has 9 heteroatoms. The Labute approximate surface area is 216 Å². The summed E-state index contributed by atoms with van der Waals surface area (Å²) < 4.78 is 39.6. The lowest BCUT2D eigenvalue weighted by Gasteiger charge is -2.41. The first kappa shape index (κ1) is 25.1. The summed E-state index contributed by atoms with van der Waals surface area (Å²) in [5.74, 6) is -0.673. The summed E-state index contributed by atoms with van der Waals surface area (Å²) in [7, 11) is 3.05. The van der Waals surface area contributed by atoms with E-state index in [0.717, 1.165) is 10.0 Å². The maximum atomic E-state index is 13.3. The number of benzene rings is 2. The summed E-state index contributed by atoms with van der Waals surface area (Å²) in [5, 5.41) is 24.6. The predicted molar refractivity (Wildman–Crippen MR) is 133 cm³/mol. The molecule has 6 nitrogen and oxygen atoms in total. The summed E-state index contributed by atoms with van der Waals surface area (Å²) in [6, 6.07) is 16.8. The zero-order valence-electron chi connectivity index (χ0n) is 19.8. The van der Waals surface area contributed by atoms with E-state index in [1.807, 2.05) is 54.6 Å². The molecule has 5 rings (SSSR count). The largest absolute Gasteiger partial charge is 0.495 e. The van der Waals surface area contributed by atoms with Gasteiger partial charge in [-0.05, 0) is 30.3 Å². The van der Waals surface area contributed by atoms with Crippen molar-refractivity contribution in [1.29, 1.82) is 0 Å². The number of fused-ring (bicyclic) bond motifs is 3. The highest BCUT2D eigenvalue weighted by Crippen LogP contribution is 2.69. The van der Waals surface area contributed by atoms with Crippen LogP contribution in [0, 0.1) is 5.92 Å². The van der Waals surface area contributed by atoms with Crippen molar-refractivity contribution in [2.45, 2.75) is 29.6 Å². The van der Waals surface area contributed by atoms with Crippen molar-refractivity contribution in [2.75, 3.05) is 27.2 Å². The summed E-state index contributed by atoms with van der Waals surface area (Å²) in [6.45, 7) is -0.350. The quantitative estimate of drug-likeness (QED) is 0.449. The molecule has 0 spiro atoms. The Balaban J connectivity index is 1.79. The lowest BCUT2D eigenvalue weighted by Crippen LogP contribution is -2.52. The molecule has 2 aromatic carbocycles. The average Bonchev–Trinajstić information content (AvgIpc) is 3.23. The van der Waals surface area contributed by atoms with Crippen LogP contribution in [0.2, 0.25) is 0 Å². The molecular formula is C27H27BrF2N2O4. The summed E-state index contributed by atoms with van der Waals surface area (Å²) in [4.78, 5) is 5.69. The maximum absolute atomic E-state index is 13.3. The van der Waals surface area contributed by atoms with Gasteiger partial charge in [0.25, 0.3) is 6.43 Å². The smallest absolute Gasteiger partial charge is 0.251 e. The van der Waals surface area contributed by atoms with Crippen LogP contribution < -0.4 is 9.47 Å². The van der Waals surface area contributed by atoms with Crippen LogP contribution >= 0.6 is 15.9 Å². The van der Waals surface area contributed by atoms with Gasteiger partial charge in [-0.2, -0.15) is 0 Å². The molecule has 0 amide bonds. The van der Waals surface area contributed by atoms with E-state index in [4.69, 9.17) is 9.47 Å². The monoisotopic (exact) mass is 560 g/mol. The minimum absolute atomic E-state index is 0.109. The number of pyridine rings is 1. The number of alkyl halides is 2. The summed E-state index contributed by atoms with van der Waals surface area (Å²) >= 11 is 3.47. The molecular weight excluding hydrogens is 534 g/mol. The molecule has 2 aliphatic rings. The fraction of sp³-hybridized carbons (Fsp3) is 0.370. The number of methoxy groups -OCH3 is 1. The number of ether oxygens (including phenoxy) is 2. The Kier molecular flexibility index (Phi) is 6.53. The lowest BCUT2D eigenvalue weighted by molar-refractivity contribution is -0.152. The number of halogens is 3. The van der Waals surface area contributed by atoms with Crippen LogP contribution in [0.15, 0.2) is 71.5 Å². The van der Waals surface area contributed by atoms with E-state index >= 15 is 0 Å². The predicted octanol–water partition coefficient (Wildman–Crippen LogP) is 4.30. The Hall–Kier alpha value is -2.59. The van der Waals surface area contributed by atoms with Crippen LogP contribution in [0.3, 0.4) is 0 Å². The highest BCUT2D eigenvalue weighted by molar-refractivity contribution is 9.10. The number of nitrogens with zero attached hydrogens (tertiary/aromatic N) is 2. The molecule has 1 aromatic heterocycles. The zero-order valence-corrected chi connectivity index (χ0v) is 21.4. The Morgan fingerprint density at radius 1 is 1.14 bits per heavy atom. The van der Waals surface area contributed by atoms with E-state index in [0.29, 0.717) is 16.9 Å². The standard InChI is InChI=1S/C27H27BrF2N2O4/c1-32(15-22(29)30)14-19-23(16-6-4-3-5-7-16)27(17-8-10-18(28)11-9-17)26(34,25(19)33)24-20(35-2)12-31-13-21(24)36-27/h3-13,19,22-23,25,33-34H,14-15H2,1-2H3/t19-,23-,25-,26+,27+/m1/s1. The number of aliphatic hydroxyl groups is 2. The van der Waals surface area contributed by atoms with Gasteiger partial charge >= 0.3 is 0 Å². The molecule has 0 radical (unpaired) electrons. The minimum atomic E-state index is -2.53. The fourth-order valence-corrected chi connectivity index (χ4v) is 6.37. The number of rotatable bonds is 7. The number of aromatic nitrogens is 1. The molecule has 2 N–H and O–H groups in total. The normalized spacial score (nSPS) is 28.8. The SMILES string of the molecule is COc1cncc2c1[C@]1(O)[C@H](O)[C@H](CN(C)CC(F)F)[C@@H](c3ccccc3)[C@]1(c1ccc(Br)cc1)O2. The first-order valence-corrected chi connectivity index (χ1v) is 12.4. The van der Waals surface area contributed by atoms with Crippen LogP contribution in [0.4, 0.5) is 8.78 Å². The van der Waals surface area contributed by atoms with Crippen molar-refractivity contribution < 1.29 is 28.5 Å². The Bertz CT molecular complexity index is 1230. The molecule has 1 saturated carbocycles. The van der Waals surface area contributed by atoms with Crippen molar-refractivity contribution in [2.24, 2.45) is 5.92 Å². The van der Waals surface area contributed by atoms with E-state index in [1.165, 1.54) is 24.4 Å². The first-order chi connectivity index (χ1) is 17.2. The second kappa shape index (κ2) is 9.37. The zero-order chi connectivity index (χ0) is 25.7. The van der Waals surface area contributed by atoms with E-state index in [-0.39, 0.29) is 12.3 Å². The van der Waals surface area contributed by atoms with Crippen LogP contribution in [0.1, 0.15) is 22.6 Å². The maximum Gasteiger partial charge on any atom is 0.251 e. The molecule has 5 atom stereocenters. The van der Waals surface area contributed by atoms with Gasteiger partial charge in [0.05, 0.1) is 37.7 Å². The van der Waals surface area contributed by atoms with Gasteiger partial charge < -0.3 is 24.6 Å². The van der Waals surface area contributed by atoms with Gasteiger partial charge in [-0.3, -0.25) is 4.98 Å². The second-order valence-electron chi connectivity index (χ2n) is 9.44. The Morgan fingerprint density at radius 2 is 1.83 bits per heavy atom. The van der Waals surface area contributed by atoms with Crippen molar-refractivity contribution in [1.82, 2.24) is 9.88 Å². The third-order valence-electron chi connectivity index (χ3n) is 7.42. The molecule has 1 fully saturated rings. The summed E-state index contributed by atoms with van der Waals surface area (Å²) in [6.07, 6.45) is -0.932. The van der Waals surface area contributed by atoms with Gasteiger partial charge in [-0.25, -0.2) is 8.78 Å². The van der Waals surface area contributed by atoms with Crippen LogP contribution in [-0.2, 0) is 11.2 Å². The second-order valence-corrected chi connectivity index (χ2v) is 10.4. The molecule has 1 aliphatic carbocycles. The lowest BCUT2D eigenvalue weighted by atomic mass is 9.70. The van der Waals surface area contributed by atoms with E-state index in [9.17, 15) is 19.0 Å². The molecule has 1 aliphatic heterocycles. The van der Waals surface area contributed by atoms with E-state index in [2.05, 4.69) is 20.9 Å².